The molecule has 0 aromatic rings. The van der Waals surface area contributed by atoms with Gasteiger partial charge in [-0.25, -0.2) is 4.79 Å². The summed E-state index contributed by atoms with van der Waals surface area (Å²) in [6.07, 6.45) is 0.252. The molecule has 1 atom stereocenters. The Labute approximate surface area is 72.0 Å². The molecule has 1 aliphatic heterocycles. The number of nitrogens with two attached hydrogens (primary N) is 1. The Morgan fingerprint density at radius 2 is 2.42 bits per heavy atom. The lowest BCUT2D eigenvalue weighted by Gasteiger charge is -2.19. The summed E-state index contributed by atoms with van der Waals surface area (Å²) >= 11 is 0. The van der Waals surface area contributed by atoms with Gasteiger partial charge in [0.05, 0.1) is 13.2 Å². The Morgan fingerprint density at radius 1 is 1.75 bits per heavy atom. The van der Waals surface area contributed by atoms with Gasteiger partial charge in [0, 0.05) is 12.0 Å². The molecule has 1 fully saturated rings. The van der Waals surface area contributed by atoms with E-state index in [-0.39, 0.29) is 11.5 Å². The van der Waals surface area contributed by atoms with Crippen molar-refractivity contribution in [2.45, 2.75) is 31.9 Å². The van der Waals surface area contributed by atoms with E-state index in [0.717, 1.165) is 0 Å². The van der Waals surface area contributed by atoms with Gasteiger partial charge in [0.1, 0.15) is 0 Å². The van der Waals surface area contributed by atoms with Gasteiger partial charge in [0.15, 0.2) is 6.10 Å². The lowest BCUT2D eigenvalue weighted by molar-refractivity contribution is -0.147. The molecular formula is C8H15NO3. The normalized spacial score (nSPS) is 24.2. The van der Waals surface area contributed by atoms with Crippen LogP contribution in [0.25, 0.3) is 0 Å². The maximum atomic E-state index is 10.9. The maximum Gasteiger partial charge on any atom is 0.335 e. The van der Waals surface area contributed by atoms with E-state index in [4.69, 9.17) is 15.2 Å². The molecule has 1 rings (SSSR count). The van der Waals surface area contributed by atoms with E-state index in [1.807, 2.05) is 13.8 Å². The number of ether oxygens (including phenoxy) is 2. The fourth-order valence-electron chi connectivity index (χ4n) is 0.944. The molecule has 0 amide bonds. The van der Waals surface area contributed by atoms with E-state index in [2.05, 4.69) is 0 Å². The summed E-state index contributed by atoms with van der Waals surface area (Å²) in [5.41, 5.74) is 5.30. The maximum absolute atomic E-state index is 10.9. The van der Waals surface area contributed by atoms with Gasteiger partial charge in [0.25, 0.3) is 0 Å². The van der Waals surface area contributed by atoms with Gasteiger partial charge in [-0.15, -0.1) is 0 Å². The topological polar surface area (TPSA) is 61.6 Å². The molecule has 0 radical (unpaired) electrons. The van der Waals surface area contributed by atoms with Crippen LogP contribution in [-0.2, 0) is 14.3 Å². The minimum absolute atomic E-state index is 0.265. The van der Waals surface area contributed by atoms with Crippen molar-refractivity contribution < 1.29 is 14.3 Å². The lowest BCUT2D eigenvalue weighted by atomic mass is 10.1. The molecular weight excluding hydrogens is 158 g/mol. The summed E-state index contributed by atoms with van der Waals surface area (Å²) in [4.78, 5) is 10.9. The molecule has 1 saturated heterocycles. The van der Waals surface area contributed by atoms with Crippen LogP contribution in [0.5, 0.6) is 0 Å². The highest BCUT2D eigenvalue weighted by atomic mass is 16.6. The van der Waals surface area contributed by atoms with Crippen molar-refractivity contribution in [1.82, 2.24) is 0 Å². The van der Waals surface area contributed by atoms with Crippen LogP contribution in [-0.4, -0.2) is 30.8 Å². The Kier molecular flexibility index (Phi) is 2.69. The Hall–Kier alpha value is -0.610. The van der Waals surface area contributed by atoms with E-state index in [1.54, 1.807) is 0 Å². The molecule has 0 aromatic heterocycles. The zero-order valence-corrected chi connectivity index (χ0v) is 7.50. The van der Waals surface area contributed by atoms with Gasteiger partial charge in [-0.1, -0.05) is 0 Å². The SMILES string of the molecule is CC(C)(N)COC1CCOC1=O. The van der Waals surface area contributed by atoms with Gasteiger partial charge in [-0.2, -0.15) is 0 Å². The van der Waals surface area contributed by atoms with Crippen LogP contribution >= 0.6 is 0 Å². The second kappa shape index (κ2) is 3.41. The summed E-state index contributed by atoms with van der Waals surface area (Å²) < 4.78 is 10.0. The number of carbonyl (C=O) groups excluding carboxylic acids is 1. The van der Waals surface area contributed by atoms with Crippen LogP contribution < -0.4 is 5.73 Å². The highest BCUT2D eigenvalue weighted by Gasteiger charge is 2.28. The molecule has 70 valence electrons. The lowest BCUT2D eigenvalue weighted by Crippen LogP contribution is -2.39. The molecule has 0 spiro atoms. The predicted molar refractivity (Wildman–Crippen MR) is 43.6 cm³/mol. The van der Waals surface area contributed by atoms with Crippen LogP contribution in [0, 0.1) is 0 Å². The van der Waals surface area contributed by atoms with Gasteiger partial charge in [-0.3, -0.25) is 0 Å². The quantitative estimate of drug-likeness (QED) is 0.613. The average Bonchev–Trinajstić information content (AvgIpc) is 2.29. The van der Waals surface area contributed by atoms with Crippen molar-refractivity contribution in [2.24, 2.45) is 5.73 Å². The van der Waals surface area contributed by atoms with Crippen LogP contribution in [0.2, 0.25) is 0 Å². The number of carbonyl (C=O) groups is 1. The second-order valence-corrected chi connectivity index (χ2v) is 3.74. The molecule has 0 aromatic carbocycles. The fraction of sp³-hybridized carbons (Fsp3) is 0.875. The summed E-state index contributed by atoms with van der Waals surface area (Å²) in [6, 6.07) is 0. The molecule has 1 unspecified atom stereocenters. The predicted octanol–water partition coefficient (Wildman–Crippen LogP) is 0.0558. The zero-order valence-electron chi connectivity index (χ0n) is 7.50. The van der Waals surface area contributed by atoms with Gasteiger partial charge >= 0.3 is 5.97 Å². The number of rotatable bonds is 3. The summed E-state index contributed by atoms with van der Waals surface area (Å²) in [5, 5.41) is 0. The highest BCUT2D eigenvalue weighted by Crippen LogP contribution is 2.11. The first-order valence-corrected chi connectivity index (χ1v) is 4.06. The average molecular weight is 173 g/mol. The van der Waals surface area contributed by atoms with Gasteiger partial charge in [0.2, 0.25) is 0 Å². The largest absolute Gasteiger partial charge is 0.464 e. The molecule has 0 aliphatic carbocycles. The van der Waals surface area contributed by atoms with E-state index in [0.29, 0.717) is 19.6 Å². The molecule has 12 heavy (non-hydrogen) atoms. The van der Waals surface area contributed by atoms with Crippen molar-refractivity contribution in [2.75, 3.05) is 13.2 Å². The Morgan fingerprint density at radius 3 is 2.83 bits per heavy atom. The van der Waals surface area contributed by atoms with E-state index in [9.17, 15) is 4.79 Å². The van der Waals surface area contributed by atoms with Crippen molar-refractivity contribution in [3.63, 3.8) is 0 Å². The fourth-order valence-corrected chi connectivity index (χ4v) is 0.944. The Balaban J connectivity index is 2.27. The van der Waals surface area contributed by atoms with Crippen molar-refractivity contribution in [3.8, 4) is 0 Å². The second-order valence-electron chi connectivity index (χ2n) is 3.74. The molecule has 0 saturated carbocycles. The standard InChI is InChI=1S/C8H15NO3/c1-8(2,9)5-12-6-3-4-11-7(6)10/h6H,3-5,9H2,1-2H3. The Bertz CT molecular complexity index is 174. The van der Waals surface area contributed by atoms with E-state index in [1.165, 1.54) is 0 Å². The number of hydrogen-bond acceptors (Lipinski definition) is 4. The smallest absolute Gasteiger partial charge is 0.335 e. The minimum Gasteiger partial charge on any atom is -0.464 e. The third kappa shape index (κ3) is 2.79. The van der Waals surface area contributed by atoms with Crippen LogP contribution in [0.1, 0.15) is 20.3 Å². The summed E-state index contributed by atoms with van der Waals surface area (Å²) in [5.74, 6) is -0.265. The van der Waals surface area contributed by atoms with E-state index >= 15 is 0 Å². The molecule has 4 heteroatoms. The molecule has 1 heterocycles. The van der Waals surface area contributed by atoms with Gasteiger partial charge in [-0.05, 0) is 13.8 Å². The number of hydrogen-bond donors (Lipinski definition) is 1. The van der Waals surface area contributed by atoms with E-state index < -0.39 is 6.10 Å². The van der Waals surface area contributed by atoms with Crippen LogP contribution in [0.4, 0.5) is 0 Å². The monoisotopic (exact) mass is 173 g/mol. The molecule has 2 N–H and O–H groups in total. The molecule has 0 bridgehead atoms. The van der Waals surface area contributed by atoms with Crippen molar-refractivity contribution >= 4 is 5.97 Å². The molecule has 4 nitrogen and oxygen atoms in total. The van der Waals surface area contributed by atoms with Crippen molar-refractivity contribution in [3.05, 3.63) is 0 Å². The third-order valence-electron chi connectivity index (χ3n) is 1.54. The first-order chi connectivity index (χ1) is 5.49. The van der Waals surface area contributed by atoms with Crippen molar-refractivity contribution in [1.29, 1.82) is 0 Å². The summed E-state index contributed by atoms with van der Waals surface area (Å²) in [6.45, 7) is 4.56. The number of esters is 1. The van der Waals surface area contributed by atoms with Gasteiger partial charge < -0.3 is 15.2 Å². The number of cyclic esters (lactones) is 1. The molecule has 1 aliphatic rings. The van der Waals surface area contributed by atoms with Crippen LogP contribution in [0.3, 0.4) is 0 Å². The first-order valence-electron chi connectivity index (χ1n) is 4.06. The first kappa shape index (κ1) is 9.48. The zero-order chi connectivity index (χ0) is 9.19. The minimum atomic E-state index is -0.396. The highest BCUT2D eigenvalue weighted by molar-refractivity contribution is 5.76. The third-order valence-corrected chi connectivity index (χ3v) is 1.54. The van der Waals surface area contributed by atoms with Crippen LogP contribution in [0.15, 0.2) is 0 Å². The summed E-state index contributed by atoms with van der Waals surface area (Å²) in [7, 11) is 0.